The van der Waals surface area contributed by atoms with E-state index in [9.17, 15) is 14.4 Å². The average Bonchev–Trinajstić information content (AvgIpc) is 3.43. The standard InChI is InChI=1S/C23H29ClN4O4S/c1-2-21(29)26-17-12-15(6-7-18(17)27-10-4-3-5-11-27)28-14-16(32-23(28)31)13-25-22(30)19-8-9-20(24)33-19/h6-9,12,16-18H,2-5,10-11,13-14H2,1H3,(H,25,30)(H,26,29). The van der Waals surface area contributed by atoms with Gasteiger partial charge in [-0.25, -0.2) is 4.79 Å². The van der Waals surface area contributed by atoms with Gasteiger partial charge in [0.15, 0.2) is 0 Å². The first kappa shape index (κ1) is 23.8. The number of carbonyl (C=O) groups is 3. The molecule has 33 heavy (non-hydrogen) atoms. The minimum absolute atomic E-state index is 0.0221. The van der Waals surface area contributed by atoms with Crippen LogP contribution >= 0.6 is 22.9 Å². The Hall–Kier alpha value is -2.36. The van der Waals surface area contributed by atoms with E-state index in [4.69, 9.17) is 16.3 Å². The lowest BCUT2D eigenvalue weighted by Crippen LogP contribution is -2.52. The predicted molar refractivity (Wildman–Crippen MR) is 127 cm³/mol. The topological polar surface area (TPSA) is 91.0 Å². The molecule has 0 spiro atoms. The zero-order valence-electron chi connectivity index (χ0n) is 18.6. The molecule has 3 atom stereocenters. The fourth-order valence-corrected chi connectivity index (χ4v) is 5.34. The third-order valence-electron chi connectivity index (χ3n) is 6.12. The molecule has 10 heteroatoms. The Morgan fingerprint density at radius 3 is 2.73 bits per heavy atom. The van der Waals surface area contributed by atoms with Crippen LogP contribution in [-0.2, 0) is 9.53 Å². The molecule has 3 aliphatic rings. The number of hydrogen-bond acceptors (Lipinski definition) is 6. The molecule has 0 saturated carbocycles. The minimum Gasteiger partial charge on any atom is -0.442 e. The van der Waals surface area contributed by atoms with E-state index in [1.165, 1.54) is 17.8 Å². The number of hydrogen-bond donors (Lipinski definition) is 2. The van der Waals surface area contributed by atoms with Gasteiger partial charge in [-0.05, 0) is 50.2 Å². The van der Waals surface area contributed by atoms with Crippen molar-refractivity contribution < 1.29 is 19.1 Å². The van der Waals surface area contributed by atoms with Gasteiger partial charge in [0.05, 0.1) is 34.4 Å². The smallest absolute Gasteiger partial charge is 0.414 e. The van der Waals surface area contributed by atoms with Crippen LogP contribution in [-0.4, -0.2) is 72.1 Å². The summed E-state index contributed by atoms with van der Waals surface area (Å²) in [5, 5.41) is 5.90. The van der Waals surface area contributed by atoms with Crippen LogP contribution in [0.25, 0.3) is 0 Å². The zero-order valence-corrected chi connectivity index (χ0v) is 20.2. The molecule has 4 rings (SSSR count). The van der Waals surface area contributed by atoms with Crippen LogP contribution in [0.5, 0.6) is 0 Å². The zero-order chi connectivity index (χ0) is 23.4. The predicted octanol–water partition coefficient (Wildman–Crippen LogP) is 3.16. The molecule has 178 valence electrons. The second-order valence-electron chi connectivity index (χ2n) is 8.41. The number of likely N-dealkylation sites (tertiary alicyclic amines) is 1. The molecule has 2 saturated heterocycles. The fourth-order valence-electron chi connectivity index (χ4n) is 4.38. The minimum atomic E-state index is -0.463. The van der Waals surface area contributed by atoms with Crippen molar-refractivity contribution in [2.24, 2.45) is 0 Å². The maximum Gasteiger partial charge on any atom is 0.414 e. The lowest BCUT2D eigenvalue weighted by Gasteiger charge is -2.39. The lowest BCUT2D eigenvalue weighted by atomic mass is 9.96. The van der Waals surface area contributed by atoms with Crippen molar-refractivity contribution in [3.63, 3.8) is 0 Å². The molecule has 3 heterocycles. The van der Waals surface area contributed by atoms with Gasteiger partial charge in [0.1, 0.15) is 6.10 Å². The molecule has 1 aliphatic carbocycles. The van der Waals surface area contributed by atoms with Crippen molar-refractivity contribution >= 4 is 40.8 Å². The Bertz CT molecular complexity index is 956. The van der Waals surface area contributed by atoms with Crippen LogP contribution in [0.3, 0.4) is 0 Å². The molecule has 2 aliphatic heterocycles. The molecule has 8 nitrogen and oxygen atoms in total. The van der Waals surface area contributed by atoms with E-state index < -0.39 is 12.2 Å². The maximum atomic E-state index is 12.6. The van der Waals surface area contributed by atoms with Gasteiger partial charge in [-0.1, -0.05) is 31.0 Å². The molecule has 0 radical (unpaired) electrons. The number of nitrogens with one attached hydrogen (secondary N) is 2. The van der Waals surface area contributed by atoms with Crippen molar-refractivity contribution in [3.8, 4) is 0 Å². The number of halogens is 1. The van der Waals surface area contributed by atoms with Crippen molar-refractivity contribution in [1.82, 2.24) is 20.4 Å². The third kappa shape index (κ3) is 5.77. The third-order valence-corrected chi connectivity index (χ3v) is 7.35. The highest BCUT2D eigenvalue weighted by Crippen LogP contribution is 2.26. The Balaban J connectivity index is 1.40. The van der Waals surface area contributed by atoms with Crippen LogP contribution in [0.2, 0.25) is 4.34 Å². The summed E-state index contributed by atoms with van der Waals surface area (Å²) >= 11 is 7.09. The summed E-state index contributed by atoms with van der Waals surface area (Å²) in [6.45, 7) is 4.36. The molecule has 3 amide bonds. The van der Waals surface area contributed by atoms with Crippen LogP contribution in [0.1, 0.15) is 42.3 Å². The second kappa shape index (κ2) is 10.7. The van der Waals surface area contributed by atoms with Gasteiger partial charge in [0.25, 0.3) is 5.91 Å². The van der Waals surface area contributed by atoms with E-state index in [-0.39, 0.29) is 30.4 Å². The Kier molecular flexibility index (Phi) is 7.72. The van der Waals surface area contributed by atoms with Crippen LogP contribution in [0.15, 0.2) is 36.1 Å². The monoisotopic (exact) mass is 492 g/mol. The number of cyclic esters (lactones) is 1. The molecule has 1 aromatic heterocycles. The van der Waals surface area contributed by atoms with E-state index >= 15 is 0 Å². The molecular weight excluding hydrogens is 464 g/mol. The summed E-state index contributed by atoms with van der Waals surface area (Å²) in [7, 11) is 0. The summed E-state index contributed by atoms with van der Waals surface area (Å²) in [6, 6.07) is 3.18. The van der Waals surface area contributed by atoms with Crippen molar-refractivity contribution in [1.29, 1.82) is 0 Å². The number of carbonyl (C=O) groups excluding carboxylic acids is 3. The summed E-state index contributed by atoms with van der Waals surface area (Å²) < 4.78 is 6.02. The fraction of sp³-hybridized carbons (Fsp3) is 0.522. The van der Waals surface area contributed by atoms with E-state index in [2.05, 4.69) is 21.6 Å². The van der Waals surface area contributed by atoms with Crippen LogP contribution < -0.4 is 10.6 Å². The average molecular weight is 493 g/mol. The van der Waals surface area contributed by atoms with Gasteiger partial charge < -0.3 is 15.4 Å². The Morgan fingerprint density at radius 2 is 2.03 bits per heavy atom. The van der Waals surface area contributed by atoms with E-state index in [0.717, 1.165) is 25.9 Å². The van der Waals surface area contributed by atoms with Gasteiger partial charge in [0, 0.05) is 12.1 Å². The SMILES string of the molecule is CCC(=O)NC1C=C(N2CC(CNC(=O)c3ccc(Cl)s3)OC2=O)C=CC1N1CCCCC1. The van der Waals surface area contributed by atoms with E-state index in [0.29, 0.717) is 27.9 Å². The lowest BCUT2D eigenvalue weighted by molar-refractivity contribution is -0.121. The van der Waals surface area contributed by atoms with Crippen LogP contribution in [0, 0.1) is 0 Å². The van der Waals surface area contributed by atoms with E-state index in [1.54, 1.807) is 17.0 Å². The number of piperidine rings is 1. The van der Waals surface area contributed by atoms with Gasteiger partial charge >= 0.3 is 6.09 Å². The van der Waals surface area contributed by atoms with Gasteiger partial charge in [0.2, 0.25) is 5.91 Å². The molecular formula is C23H29ClN4O4S. The Morgan fingerprint density at radius 1 is 1.24 bits per heavy atom. The maximum absolute atomic E-state index is 12.6. The van der Waals surface area contributed by atoms with Gasteiger partial charge in [-0.2, -0.15) is 0 Å². The molecule has 3 unspecified atom stereocenters. The molecule has 2 fully saturated rings. The Labute approximate surface area is 202 Å². The van der Waals surface area contributed by atoms with Gasteiger partial charge in [-0.15, -0.1) is 11.3 Å². The molecule has 2 N–H and O–H groups in total. The summed E-state index contributed by atoms with van der Waals surface area (Å²) in [4.78, 5) is 41.5. The van der Waals surface area contributed by atoms with Crippen molar-refractivity contribution in [2.75, 3.05) is 26.2 Å². The first-order chi connectivity index (χ1) is 15.9. The molecule has 0 bridgehead atoms. The summed E-state index contributed by atoms with van der Waals surface area (Å²) in [5.74, 6) is -0.268. The highest BCUT2D eigenvalue weighted by Gasteiger charge is 2.36. The number of rotatable bonds is 7. The van der Waals surface area contributed by atoms with Crippen LogP contribution in [0.4, 0.5) is 4.79 Å². The summed E-state index contributed by atoms with van der Waals surface area (Å²) in [6.07, 6.45) is 8.97. The number of nitrogens with zero attached hydrogens (tertiary/aromatic N) is 2. The first-order valence-electron chi connectivity index (χ1n) is 11.4. The molecule has 1 aromatic rings. The number of thiophene rings is 1. The second-order valence-corrected chi connectivity index (χ2v) is 10.1. The quantitative estimate of drug-likeness (QED) is 0.610. The number of amides is 3. The highest BCUT2D eigenvalue weighted by molar-refractivity contribution is 7.18. The largest absolute Gasteiger partial charge is 0.442 e. The number of allylic oxidation sites excluding steroid dienone is 1. The normalized spacial score (nSPS) is 25.5. The number of ether oxygens (including phenoxy) is 1. The van der Waals surface area contributed by atoms with E-state index in [1.807, 2.05) is 19.1 Å². The first-order valence-corrected chi connectivity index (χ1v) is 12.6. The van der Waals surface area contributed by atoms with Crippen molar-refractivity contribution in [2.45, 2.75) is 50.8 Å². The summed E-state index contributed by atoms with van der Waals surface area (Å²) in [5.41, 5.74) is 0.702. The molecule has 0 aromatic carbocycles. The highest BCUT2D eigenvalue weighted by atomic mass is 35.5. The van der Waals surface area contributed by atoms with Gasteiger partial charge in [-0.3, -0.25) is 19.4 Å². The van der Waals surface area contributed by atoms with Crippen molar-refractivity contribution in [3.05, 3.63) is 45.3 Å².